The lowest BCUT2D eigenvalue weighted by Gasteiger charge is -2.15. The third-order valence-electron chi connectivity index (χ3n) is 2.81. The largest absolute Gasteiger partial charge is 0.481 e. The van der Waals surface area contributed by atoms with Gasteiger partial charge in [0.2, 0.25) is 0 Å². The van der Waals surface area contributed by atoms with Gasteiger partial charge in [-0.05, 0) is 25.5 Å². The van der Waals surface area contributed by atoms with Gasteiger partial charge in [0.05, 0.1) is 18.4 Å². The highest BCUT2D eigenvalue weighted by Gasteiger charge is 2.18. The Kier molecular flexibility index (Phi) is 4.61. The van der Waals surface area contributed by atoms with Crippen LogP contribution >= 0.6 is 11.8 Å². The lowest BCUT2D eigenvalue weighted by molar-refractivity contribution is -0.133. The molecule has 0 amide bonds. The van der Waals surface area contributed by atoms with E-state index < -0.39 is 5.97 Å². The number of carboxylic acid groups (broad SMARTS) is 1. The van der Waals surface area contributed by atoms with Crippen LogP contribution in [0.4, 0.5) is 0 Å². The summed E-state index contributed by atoms with van der Waals surface area (Å²) in [6, 6.07) is 1.99. The standard InChI is InChI=1S/C13H17N3O3S/c1-8-4-10-12(14-5-8)16(9(2)6-19-3)13(15-10)20-7-11(17)18/h4-5,9H,6-7H2,1-3H3,(H,17,18). The number of fused-ring (bicyclic) bond motifs is 1. The normalized spacial score (nSPS) is 12.8. The number of nitrogens with zero attached hydrogens (tertiary/aromatic N) is 3. The molecule has 0 radical (unpaired) electrons. The number of hydrogen-bond acceptors (Lipinski definition) is 5. The molecule has 2 heterocycles. The molecule has 0 aliphatic heterocycles. The molecular weight excluding hydrogens is 278 g/mol. The summed E-state index contributed by atoms with van der Waals surface area (Å²) in [6.07, 6.45) is 1.78. The molecule has 0 saturated carbocycles. The van der Waals surface area contributed by atoms with Crippen molar-refractivity contribution in [2.24, 2.45) is 0 Å². The monoisotopic (exact) mass is 295 g/mol. The van der Waals surface area contributed by atoms with Crippen molar-refractivity contribution in [3.05, 3.63) is 17.8 Å². The predicted molar refractivity (Wildman–Crippen MR) is 77.2 cm³/mol. The van der Waals surface area contributed by atoms with Crippen LogP contribution < -0.4 is 0 Å². The van der Waals surface area contributed by atoms with Gasteiger partial charge in [0.15, 0.2) is 10.8 Å². The Labute approximate surface area is 121 Å². The average Bonchev–Trinajstić information content (AvgIpc) is 2.74. The number of aromatic nitrogens is 3. The molecule has 0 aliphatic carbocycles. The number of aliphatic carboxylic acids is 1. The second-order valence-electron chi connectivity index (χ2n) is 4.61. The van der Waals surface area contributed by atoms with E-state index >= 15 is 0 Å². The number of hydrogen-bond donors (Lipinski definition) is 1. The molecule has 2 rings (SSSR count). The number of carbonyl (C=O) groups is 1. The van der Waals surface area contributed by atoms with Crippen LogP contribution in [0.25, 0.3) is 11.2 Å². The number of imidazole rings is 1. The summed E-state index contributed by atoms with van der Waals surface area (Å²) in [6.45, 7) is 4.47. The summed E-state index contributed by atoms with van der Waals surface area (Å²) in [4.78, 5) is 19.7. The predicted octanol–water partition coefficient (Wildman–Crippen LogP) is 2.12. The van der Waals surface area contributed by atoms with Crippen molar-refractivity contribution in [3.63, 3.8) is 0 Å². The van der Waals surface area contributed by atoms with Crippen molar-refractivity contribution >= 4 is 28.9 Å². The molecule has 0 fully saturated rings. The summed E-state index contributed by atoms with van der Waals surface area (Å²) in [5, 5.41) is 9.49. The molecule has 1 N–H and O–H groups in total. The second kappa shape index (κ2) is 6.23. The molecule has 2 aromatic heterocycles. The molecule has 1 unspecified atom stereocenters. The van der Waals surface area contributed by atoms with Crippen LogP contribution in [0.5, 0.6) is 0 Å². The first-order valence-corrected chi connectivity index (χ1v) is 7.19. The number of rotatable bonds is 6. The lowest BCUT2D eigenvalue weighted by atomic mass is 10.3. The lowest BCUT2D eigenvalue weighted by Crippen LogP contribution is -2.13. The number of thioether (sulfide) groups is 1. The number of methoxy groups -OCH3 is 1. The van der Waals surface area contributed by atoms with Gasteiger partial charge in [0, 0.05) is 13.3 Å². The SMILES string of the molecule is COCC(C)n1c(SCC(=O)O)nc2cc(C)cnc21. The average molecular weight is 295 g/mol. The highest BCUT2D eigenvalue weighted by atomic mass is 32.2. The highest BCUT2D eigenvalue weighted by Crippen LogP contribution is 2.27. The zero-order chi connectivity index (χ0) is 14.7. The van der Waals surface area contributed by atoms with Crippen LogP contribution in [-0.2, 0) is 9.53 Å². The quantitative estimate of drug-likeness (QED) is 0.823. The topological polar surface area (TPSA) is 77.2 Å². The van der Waals surface area contributed by atoms with Gasteiger partial charge in [-0.1, -0.05) is 11.8 Å². The minimum absolute atomic E-state index is 0.0258. The van der Waals surface area contributed by atoms with Gasteiger partial charge in [-0.15, -0.1) is 0 Å². The zero-order valence-electron chi connectivity index (χ0n) is 11.7. The fourth-order valence-corrected chi connectivity index (χ4v) is 2.82. The maximum Gasteiger partial charge on any atom is 0.313 e. The van der Waals surface area contributed by atoms with Gasteiger partial charge in [-0.2, -0.15) is 0 Å². The van der Waals surface area contributed by atoms with Crippen LogP contribution in [0.3, 0.4) is 0 Å². The number of aryl methyl sites for hydroxylation is 1. The van der Waals surface area contributed by atoms with Crippen LogP contribution in [-0.4, -0.2) is 45.1 Å². The van der Waals surface area contributed by atoms with Gasteiger partial charge >= 0.3 is 5.97 Å². The molecule has 0 aromatic carbocycles. The Morgan fingerprint density at radius 3 is 3.00 bits per heavy atom. The summed E-state index contributed by atoms with van der Waals surface area (Å²) in [5.74, 6) is -0.890. The Morgan fingerprint density at radius 2 is 2.35 bits per heavy atom. The fourth-order valence-electron chi connectivity index (χ4n) is 2.00. The van der Waals surface area contributed by atoms with Crippen molar-refractivity contribution in [1.29, 1.82) is 0 Å². The Bertz CT molecular complexity index is 627. The van der Waals surface area contributed by atoms with E-state index in [1.165, 1.54) is 11.8 Å². The number of pyridine rings is 1. The van der Waals surface area contributed by atoms with E-state index in [-0.39, 0.29) is 11.8 Å². The third kappa shape index (κ3) is 3.10. The van der Waals surface area contributed by atoms with Gasteiger partial charge < -0.3 is 9.84 Å². The van der Waals surface area contributed by atoms with Gasteiger partial charge in [-0.3, -0.25) is 9.36 Å². The van der Waals surface area contributed by atoms with Crippen LogP contribution in [0.1, 0.15) is 18.5 Å². The van der Waals surface area contributed by atoms with Crippen molar-refractivity contribution in [3.8, 4) is 0 Å². The minimum atomic E-state index is -0.864. The molecule has 0 spiro atoms. The molecule has 1 atom stereocenters. The molecule has 0 saturated heterocycles. The van der Waals surface area contributed by atoms with E-state index in [0.717, 1.165) is 16.7 Å². The Morgan fingerprint density at radius 1 is 1.60 bits per heavy atom. The summed E-state index contributed by atoms with van der Waals surface area (Å²) in [5.41, 5.74) is 2.56. The van der Waals surface area contributed by atoms with E-state index in [1.807, 2.05) is 24.5 Å². The van der Waals surface area contributed by atoms with Crippen molar-refractivity contribution in [1.82, 2.24) is 14.5 Å². The summed E-state index contributed by atoms with van der Waals surface area (Å²) in [7, 11) is 1.64. The van der Waals surface area contributed by atoms with E-state index in [1.54, 1.807) is 13.3 Å². The van der Waals surface area contributed by atoms with Crippen LogP contribution in [0, 0.1) is 6.92 Å². The smallest absolute Gasteiger partial charge is 0.313 e. The molecule has 0 aliphatic rings. The van der Waals surface area contributed by atoms with Crippen LogP contribution in [0.15, 0.2) is 17.4 Å². The zero-order valence-corrected chi connectivity index (χ0v) is 12.5. The van der Waals surface area contributed by atoms with E-state index in [2.05, 4.69) is 9.97 Å². The first-order valence-electron chi connectivity index (χ1n) is 6.21. The minimum Gasteiger partial charge on any atom is -0.481 e. The van der Waals surface area contributed by atoms with E-state index in [4.69, 9.17) is 9.84 Å². The van der Waals surface area contributed by atoms with Gasteiger partial charge in [0.1, 0.15) is 5.52 Å². The first kappa shape index (κ1) is 14.8. The van der Waals surface area contributed by atoms with Crippen molar-refractivity contribution in [2.75, 3.05) is 19.5 Å². The van der Waals surface area contributed by atoms with E-state index in [0.29, 0.717) is 11.8 Å². The molecule has 108 valence electrons. The third-order valence-corrected chi connectivity index (χ3v) is 3.75. The maximum absolute atomic E-state index is 10.8. The Hall–Kier alpha value is -1.60. The number of carboxylic acids is 1. The van der Waals surface area contributed by atoms with Crippen molar-refractivity contribution in [2.45, 2.75) is 25.0 Å². The number of ether oxygens (including phenoxy) is 1. The molecule has 0 bridgehead atoms. The highest BCUT2D eigenvalue weighted by molar-refractivity contribution is 7.99. The fraction of sp³-hybridized carbons (Fsp3) is 0.462. The van der Waals surface area contributed by atoms with E-state index in [9.17, 15) is 4.79 Å². The molecule has 20 heavy (non-hydrogen) atoms. The maximum atomic E-state index is 10.8. The second-order valence-corrected chi connectivity index (χ2v) is 5.55. The van der Waals surface area contributed by atoms with Crippen LogP contribution in [0.2, 0.25) is 0 Å². The van der Waals surface area contributed by atoms with Gasteiger partial charge in [0.25, 0.3) is 0 Å². The molecular formula is C13H17N3O3S. The summed E-state index contributed by atoms with van der Waals surface area (Å²) >= 11 is 1.20. The first-order chi connectivity index (χ1) is 9.52. The molecule has 2 aromatic rings. The Balaban J connectivity index is 2.47. The summed E-state index contributed by atoms with van der Waals surface area (Å²) < 4.78 is 7.12. The molecule has 7 heteroatoms. The van der Waals surface area contributed by atoms with Gasteiger partial charge in [-0.25, -0.2) is 9.97 Å². The molecule has 6 nitrogen and oxygen atoms in total. The van der Waals surface area contributed by atoms with Crippen molar-refractivity contribution < 1.29 is 14.6 Å².